The highest BCUT2D eigenvalue weighted by Crippen LogP contribution is 2.26. The quantitative estimate of drug-likeness (QED) is 0.647. The van der Waals surface area contributed by atoms with Crippen molar-refractivity contribution in [1.29, 1.82) is 0 Å². The van der Waals surface area contributed by atoms with E-state index in [4.69, 9.17) is 11.6 Å². The van der Waals surface area contributed by atoms with Crippen molar-refractivity contribution in [3.8, 4) is 0 Å². The second-order valence-corrected chi connectivity index (χ2v) is 2.91. The van der Waals surface area contributed by atoms with E-state index in [2.05, 4.69) is 23.3 Å². The molecule has 0 saturated carbocycles. The molecule has 0 fully saturated rings. The summed E-state index contributed by atoms with van der Waals surface area (Å²) in [6.45, 7) is 8.90. The zero-order valence-corrected chi connectivity index (χ0v) is 7.89. The molecule has 1 heterocycles. The summed E-state index contributed by atoms with van der Waals surface area (Å²) >= 11 is 5.71. The SMILES string of the molecule is C=Nc1c(C(=C)Cl)nc(C)n1C. The number of halogens is 1. The van der Waals surface area contributed by atoms with Crippen molar-refractivity contribution in [2.24, 2.45) is 12.0 Å². The fraction of sp³-hybridized carbons (Fsp3) is 0.250. The van der Waals surface area contributed by atoms with Crippen LogP contribution in [0.25, 0.3) is 5.03 Å². The lowest BCUT2D eigenvalue weighted by Crippen LogP contribution is -1.89. The van der Waals surface area contributed by atoms with Gasteiger partial charge in [-0.3, -0.25) is 0 Å². The van der Waals surface area contributed by atoms with E-state index < -0.39 is 0 Å². The standard InChI is InChI=1S/C8H10ClN3/c1-5(9)7-8(10-3)12(4)6(2)11-7/h1,3H2,2,4H3. The Kier molecular flexibility index (Phi) is 2.33. The number of rotatable bonds is 2. The number of aliphatic imine (C=N–C) groups is 1. The molecule has 0 bridgehead atoms. The third kappa shape index (κ3) is 1.28. The number of hydrogen-bond donors (Lipinski definition) is 0. The van der Waals surface area contributed by atoms with Gasteiger partial charge in [0.15, 0.2) is 5.82 Å². The first-order valence-corrected chi connectivity index (χ1v) is 3.80. The topological polar surface area (TPSA) is 30.2 Å². The van der Waals surface area contributed by atoms with Crippen LogP contribution in [0.4, 0.5) is 5.82 Å². The van der Waals surface area contributed by atoms with Gasteiger partial charge < -0.3 is 4.57 Å². The summed E-state index contributed by atoms with van der Waals surface area (Å²) in [5, 5.41) is 0.390. The molecular formula is C8H10ClN3. The summed E-state index contributed by atoms with van der Waals surface area (Å²) < 4.78 is 1.82. The molecule has 3 nitrogen and oxygen atoms in total. The minimum atomic E-state index is 0.390. The highest BCUT2D eigenvalue weighted by Gasteiger charge is 2.11. The molecule has 12 heavy (non-hydrogen) atoms. The summed E-state index contributed by atoms with van der Waals surface area (Å²) in [7, 11) is 1.86. The molecule has 0 aliphatic heterocycles. The Morgan fingerprint density at radius 3 is 2.58 bits per heavy atom. The first kappa shape index (κ1) is 9.00. The molecule has 0 aromatic carbocycles. The van der Waals surface area contributed by atoms with Crippen molar-refractivity contribution < 1.29 is 0 Å². The van der Waals surface area contributed by atoms with Gasteiger partial charge in [-0.05, 0) is 13.6 Å². The molecule has 0 atom stereocenters. The smallest absolute Gasteiger partial charge is 0.160 e. The lowest BCUT2D eigenvalue weighted by Gasteiger charge is -1.97. The fourth-order valence-electron chi connectivity index (χ4n) is 0.962. The van der Waals surface area contributed by atoms with E-state index >= 15 is 0 Å². The maximum atomic E-state index is 5.71. The van der Waals surface area contributed by atoms with Crippen LogP contribution in [0.2, 0.25) is 0 Å². The molecule has 0 unspecified atom stereocenters. The predicted molar refractivity (Wildman–Crippen MR) is 52.0 cm³/mol. The van der Waals surface area contributed by atoms with Gasteiger partial charge in [-0.15, -0.1) is 0 Å². The zero-order valence-electron chi connectivity index (χ0n) is 7.13. The van der Waals surface area contributed by atoms with Crippen LogP contribution in [0.15, 0.2) is 11.6 Å². The Morgan fingerprint density at radius 2 is 2.25 bits per heavy atom. The van der Waals surface area contributed by atoms with Crippen LogP contribution in [0, 0.1) is 6.92 Å². The predicted octanol–water partition coefficient (Wildman–Crippen LogP) is 2.27. The third-order valence-electron chi connectivity index (χ3n) is 1.70. The van der Waals surface area contributed by atoms with Gasteiger partial charge in [0.25, 0.3) is 0 Å². The maximum absolute atomic E-state index is 5.71. The van der Waals surface area contributed by atoms with Crippen molar-refractivity contribution in [1.82, 2.24) is 9.55 Å². The minimum Gasteiger partial charge on any atom is -0.316 e. The van der Waals surface area contributed by atoms with E-state index in [0.717, 1.165) is 5.82 Å². The minimum absolute atomic E-state index is 0.390. The first-order valence-electron chi connectivity index (χ1n) is 3.42. The lowest BCUT2D eigenvalue weighted by molar-refractivity contribution is 0.859. The van der Waals surface area contributed by atoms with Gasteiger partial charge in [0.2, 0.25) is 0 Å². The van der Waals surface area contributed by atoms with Crippen molar-refractivity contribution in [2.45, 2.75) is 6.92 Å². The molecule has 0 amide bonds. The molecule has 1 aromatic rings. The Hall–Kier alpha value is -1.09. The largest absolute Gasteiger partial charge is 0.316 e. The molecule has 1 aromatic heterocycles. The van der Waals surface area contributed by atoms with E-state index in [0.29, 0.717) is 16.5 Å². The second kappa shape index (κ2) is 3.11. The van der Waals surface area contributed by atoms with Crippen LogP contribution in [0.1, 0.15) is 11.5 Å². The van der Waals surface area contributed by atoms with E-state index in [-0.39, 0.29) is 0 Å². The maximum Gasteiger partial charge on any atom is 0.160 e. The van der Waals surface area contributed by atoms with Crippen LogP contribution in [-0.2, 0) is 7.05 Å². The molecule has 0 spiro atoms. The molecule has 64 valence electrons. The van der Waals surface area contributed by atoms with Crippen LogP contribution in [0.5, 0.6) is 0 Å². The van der Waals surface area contributed by atoms with E-state index in [1.54, 1.807) is 0 Å². The van der Waals surface area contributed by atoms with Gasteiger partial charge >= 0.3 is 0 Å². The highest BCUT2D eigenvalue weighted by atomic mass is 35.5. The third-order valence-corrected chi connectivity index (χ3v) is 1.87. The van der Waals surface area contributed by atoms with Crippen LogP contribution in [0.3, 0.4) is 0 Å². The van der Waals surface area contributed by atoms with E-state index in [1.165, 1.54) is 0 Å². The molecular weight excluding hydrogens is 174 g/mol. The molecule has 4 heteroatoms. The Bertz CT molecular complexity index is 338. The van der Waals surface area contributed by atoms with Crippen molar-refractivity contribution >= 4 is 29.2 Å². The van der Waals surface area contributed by atoms with Crippen molar-refractivity contribution in [3.63, 3.8) is 0 Å². The average molecular weight is 184 g/mol. The van der Waals surface area contributed by atoms with Gasteiger partial charge in [-0.1, -0.05) is 18.2 Å². The Morgan fingerprint density at radius 1 is 1.67 bits per heavy atom. The Balaban J connectivity index is 3.39. The zero-order chi connectivity index (χ0) is 9.30. The summed E-state index contributed by atoms with van der Waals surface area (Å²) in [5.74, 6) is 1.50. The molecule has 0 aliphatic rings. The number of aryl methyl sites for hydroxylation is 1. The molecule has 1 rings (SSSR count). The van der Waals surface area contributed by atoms with Crippen molar-refractivity contribution in [2.75, 3.05) is 0 Å². The molecule has 0 saturated heterocycles. The van der Waals surface area contributed by atoms with Gasteiger partial charge in [0.1, 0.15) is 11.5 Å². The van der Waals surface area contributed by atoms with Gasteiger partial charge in [-0.2, -0.15) is 0 Å². The number of nitrogens with zero attached hydrogens (tertiary/aromatic N) is 3. The van der Waals surface area contributed by atoms with Gasteiger partial charge in [0, 0.05) is 7.05 Å². The first-order chi connectivity index (χ1) is 5.57. The van der Waals surface area contributed by atoms with Gasteiger partial charge in [0.05, 0.1) is 5.03 Å². The summed E-state index contributed by atoms with van der Waals surface area (Å²) in [4.78, 5) is 8.00. The van der Waals surface area contributed by atoms with Gasteiger partial charge in [-0.25, -0.2) is 9.98 Å². The normalized spacial score (nSPS) is 9.92. The number of imidazole rings is 1. The van der Waals surface area contributed by atoms with Crippen molar-refractivity contribution in [3.05, 3.63) is 18.1 Å². The number of hydrogen-bond acceptors (Lipinski definition) is 2. The number of aromatic nitrogens is 2. The van der Waals surface area contributed by atoms with E-state index in [1.807, 2.05) is 18.5 Å². The monoisotopic (exact) mass is 183 g/mol. The van der Waals surface area contributed by atoms with Crippen LogP contribution in [-0.4, -0.2) is 16.3 Å². The lowest BCUT2D eigenvalue weighted by atomic mass is 10.4. The van der Waals surface area contributed by atoms with Crippen LogP contribution >= 0.6 is 11.6 Å². The summed E-state index contributed by atoms with van der Waals surface area (Å²) in [6, 6.07) is 0. The van der Waals surface area contributed by atoms with Crippen LogP contribution < -0.4 is 0 Å². The fourth-order valence-corrected chi connectivity index (χ4v) is 1.09. The molecule has 0 N–H and O–H groups in total. The molecule has 0 aliphatic carbocycles. The Labute approximate surface area is 76.4 Å². The summed E-state index contributed by atoms with van der Waals surface area (Å²) in [6.07, 6.45) is 0. The summed E-state index contributed by atoms with van der Waals surface area (Å²) in [5.41, 5.74) is 0.603. The van der Waals surface area contributed by atoms with E-state index in [9.17, 15) is 0 Å². The molecule has 0 radical (unpaired) electrons. The average Bonchev–Trinajstić information content (AvgIpc) is 2.29. The second-order valence-electron chi connectivity index (χ2n) is 2.45. The highest BCUT2D eigenvalue weighted by molar-refractivity contribution is 6.48.